The van der Waals surface area contributed by atoms with E-state index in [0.29, 0.717) is 5.69 Å². The van der Waals surface area contributed by atoms with Gasteiger partial charge in [-0.25, -0.2) is 0 Å². The van der Waals surface area contributed by atoms with Crippen LogP contribution in [0, 0.1) is 25.2 Å². The lowest BCUT2D eigenvalue weighted by Gasteiger charge is -2.10. The van der Waals surface area contributed by atoms with Gasteiger partial charge in [-0.05, 0) is 49.2 Å². The summed E-state index contributed by atoms with van der Waals surface area (Å²) in [5.74, 6) is -0.559. The highest BCUT2D eigenvalue weighted by Crippen LogP contribution is 2.37. The first kappa shape index (κ1) is 20.9. The van der Waals surface area contributed by atoms with Crippen molar-refractivity contribution in [3.8, 4) is 17.4 Å². The number of halogens is 3. The zero-order valence-electron chi connectivity index (χ0n) is 16.2. The standard InChI is InChI=1S/C23H17F3N2O2/c1-14-7-8-15(2)20(11-14)28-22(29)16(13-27)12-17-9-10-21(30-17)18-5-3-4-6-19(18)23(24,25)26/h3-12H,1-2H3,(H,28,29)/b16-12+. The molecule has 1 heterocycles. The molecular formula is C23H17F3N2O2. The molecular weight excluding hydrogens is 393 g/mol. The molecule has 0 radical (unpaired) electrons. The number of benzene rings is 2. The third-order valence-corrected chi connectivity index (χ3v) is 4.42. The smallest absolute Gasteiger partial charge is 0.417 e. The van der Waals surface area contributed by atoms with Crippen LogP contribution in [0.25, 0.3) is 17.4 Å². The molecule has 1 amide bonds. The van der Waals surface area contributed by atoms with E-state index in [1.807, 2.05) is 26.0 Å². The van der Waals surface area contributed by atoms with Crippen molar-refractivity contribution in [1.82, 2.24) is 0 Å². The maximum atomic E-state index is 13.2. The highest BCUT2D eigenvalue weighted by Gasteiger charge is 2.34. The SMILES string of the molecule is Cc1ccc(C)c(NC(=O)/C(C#N)=C/c2ccc(-c3ccccc3C(F)(F)F)o2)c1. The van der Waals surface area contributed by atoms with Crippen LogP contribution in [0.15, 0.2) is 64.6 Å². The normalized spacial score (nSPS) is 11.8. The second-order valence-corrected chi connectivity index (χ2v) is 6.69. The molecule has 0 saturated carbocycles. The molecule has 2 aromatic carbocycles. The Kier molecular flexibility index (Phi) is 5.79. The van der Waals surface area contributed by atoms with E-state index in [-0.39, 0.29) is 22.7 Å². The van der Waals surface area contributed by atoms with Crippen LogP contribution in [0.5, 0.6) is 0 Å². The average Bonchev–Trinajstić information content (AvgIpc) is 3.16. The van der Waals surface area contributed by atoms with Crippen LogP contribution < -0.4 is 5.32 Å². The number of nitrogens with zero attached hydrogens (tertiary/aromatic N) is 1. The Bertz CT molecular complexity index is 1170. The highest BCUT2D eigenvalue weighted by atomic mass is 19.4. The maximum absolute atomic E-state index is 13.2. The van der Waals surface area contributed by atoms with E-state index in [1.165, 1.54) is 36.4 Å². The largest absolute Gasteiger partial charge is 0.457 e. The molecule has 0 unspecified atom stereocenters. The first-order valence-corrected chi connectivity index (χ1v) is 8.96. The summed E-state index contributed by atoms with van der Waals surface area (Å²) in [5, 5.41) is 12.0. The van der Waals surface area contributed by atoms with E-state index in [2.05, 4.69) is 5.32 Å². The minimum Gasteiger partial charge on any atom is -0.457 e. The minimum atomic E-state index is -4.54. The second-order valence-electron chi connectivity index (χ2n) is 6.69. The predicted octanol–water partition coefficient (Wildman–Crippen LogP) is 6.13. The van der Waals surface area contributed by atoms with Crippen molar-refractivity contribution in [2.75, 3.05) is 5.32 Å². The first-order chi connectivity index (χ1) is 14.2. The molecule has 0 atom stereocenters. The molecule has 0 aliphatic rings. The van der Waals surface area contributed by atoms with Gasteiger partial charge in [0.15, 0.2) is 0 Å². The van der Waals surface area contributed by atoms with Crippen molar-refractivity contribution in [2.24, 2.45) is 0 Å². The number of hydrogen-bond acceptors (Lipinski definition) is 3. The number of amides is 1. The molecule has 3 rings (SSSR count). The van der Waals surface area contributed by atoms with Gasteiger partial charge >= 0.3 is 6.18 Å². The molecule has 7 heteroatoms. The van der Waals surface area contributed by atoms with Crippen LogP contribution in [0.2, 0.25) is 0 Å². The molecule has 4 nitrogen and oxygen atoms in total. The molecule has 1 aromatic heterocycles. The van der Waals surface area contributed by atoms with Gasteiger partial charge in [-0.1, -0.05) is 30.3 Å². The highest BCUT2D eigenvalue weighted by molar-refractivity contribution is 6.09. The molecule has 0 fully saturated rings. The van der Waals surface area contributed by atoms with E-state index in [0.717, 1.165) is 17.2 Å². The summed E-state index contributed by atoms with van der Waals surface area (Å²) in [4.78, 5) is 12.5. The summed E-state index contributed by atoms with van der Waals surface area (Å²) in [7, 11) is 0. The van der Waals surface area contributed by atoms with Gasteiger partial charge in [-0.2, -0.15) is 18.4 Å². The number of nitrogens with one attached hydrogen (secondary N) is 1. The molecule has 152 valence electrons. The summed E-state index contributed by atoms with van der Waals surface area (Å²) < 4.78 is 45.2. The van der Waals surface area contributed by atoms with E-state index in [4.69, 9.17) is 4.42 Å². The number of nitriles is 1. The van der Waals surface area contributed by atoms with Crippen LogP contribution in [0.4, 0.5) is 18.9 Å². The fourth-order valence-electron chi connectivity index (χ4n) is 2.87. The minimum absolute atomic E-state index is 0.0126. The topological polar surface area (TPSA) is 66.0 Å². The number of hydrogen-bond donors (Lipinski definition) is 1. The quantitative estimate of drug-likeness (QED) is 0.416. The van der Waals surface area contributed by atoms with Crippen LogP contribution >= 0.6 is 0 Å². The Morgan fingerprint density at radius 2 is 1.83 bits per heavy atom. The molecule has 30 heavy (non-hydrogen) atoms. The van der Waals surface area contributed by atoms with Crippen molar-refractivity contribution in [3.05, 3.63) is 82.6 Å². The van der Waals surface area contributed by atoms with Crippen LogP contribution in [0.1, 0.15) is 22.5 Å². The third kappa shape index (κ3) is 4.61. The van der Waals surface area contributed by atoms with Gasteiger partial charge in [-0.15, -0.1) is 0 Å². The fourth-order valence-corrected chi connectivity index (χ4v) is 2.87. The monoisotopic (exact) mass is 410 g/mol. The van der Waals surface area contributed by atoms with Crippen molar-refractivity contribution >= 4 is 17.7 Å². The van der Waals surface area contributed by atoms with Crippen LogP contribution in [-0.2, 0) is 11.0 Å². The van der Waals surface area contributed by atoms with Gasteiger partial charge in [0.1, 0.15) is 23.2 Å². The van der Waals surface area contributed by atoms with E-state index in [1.54, 1.807) is 12.1 Å². The van der Waals surface area contributed by atoms with Crippen molar-refractivity contribution in [1.29, 1.82) is 5.26 Å². The molecule has 0 aliphatic carbocycles. The molecule has 1 N–H and O–H groups in total. The summed E-state index contributed by atoms with van der Waals surface area (Å²) in [6.45, 7) is 3.70. The molecule has 3 aromatic rings. The van der Waals surface area contributed by atoms with Crippen molar-refractivity contribution in [3.63, 3.8) is 0 Å². The average molecular weight is 410 g/mol. The molecule has 0 saturated heterocycles. The Morgan fingerprint density at radius 3 is 2.53 bits per heavy atom. The van der Waals surface area contributed by atoms with Gasteiger partial charge in [0, 0.05) is 17.3 Å². The summed E-state index contributed by atoms with van der Waals surface area (Å²) >= 11 is 0. The van der Waals surface area contributed by atoms with E-state index < -0.39 is 17.6 Å². The lowest BCUT2D eigenvalue weighted by atomic mass is 10.1. The lowest BCUT2D eigenvalue weighted by Crippen LogP contribution is -2.14. The van der Waals surface area contributed by atoms with Gasteiger partial charge in [0.05, 0.1) is 5.56 Å². The number of furan rings is 1. The maximum Gasteiger partial charge on any atom is 0.417 e. The van der Waals surface area contributed by atoms with Gasteiger partial charge in [0.25, 0.3) is 5.91 Å². The molecule has 0 spiro atoms. The number of rotatable bonds is 4. The Labute approximate surface area is 171 Å². The van der Waals surface area contributed by atoms with Crippen LogP contribution in [-0.4, -0.2) is 5.91 Å². The van der Waals surface area contributed by atoms with Crippen molar-refractivity contribution in [2.45, 2.75) is 20.0 Å². The fraction of sp³-hybridized carbons (Fsp3) is 0.130. The first-order valence-electron chi connectivity index (χ1n) is 8.96. The van der Waals surface area contributed by atoms with Crippen molar-refractivity contribution < 1.29 is 22.4 Å². The van der Waals surface area contributed by atoms with E-state index >= 15 is 0 Å². The zero-order valence-corrected chi connectivity index (χ0v) is 16.2. The number of carbonyl (C=O) groups is 1. The van der Waals surface area contributed by atoms with Gasteiger partial charge in [-0.3, -0.25) is 4.79 Å². The zero-order chi connectivity index (χ0) is 21.9. The van der Waals surface area contributed by atoms with Crippen LogP contribution in [0.3, 0.4) is 0 Å². The molecule has 0 aliphatic heterocycles. The number of carbonyl (C=O) groups excluding carboxylic acids is 1. The number of alkyl halides is 3. The lowest BCUT2D eigenvalue weighted by molar-refractivity contribution is -0.137. The Hall–Kier alpha value is -3.79. The van der Waals surface area contributed by atoms with E-state index in [9.17, 15) is 23.2 Å². The number of anilines is 1. The molecule has 0 bridgehead atoms. The van der Waals surface area contributed by atoms with Gasteiger partial charge < -0.3 is 9.73 Å². The predicted molar refractivity (Wildman–Crippen MR) is 107 cm³/mol. The summed E-state index contributed by atoms with van der Waals surface area (Å²) in [5.41, 5.74) is 1.15. The second kappa shape index (κ2) is 8.29. The summed E-state index contributed by atoms with van der Waals surface area (Å²) in [6.07, 6.45) is -3.34. The Morgan fingerprint density at radius 1 is 1.10 bits per heavy atom. The summed E-state index contributed by atoms with van der Waals surface area (Å²) in [6, 6.07) is 15.1. The third-order valence-electron chi connectivity index (χ3n) is 4.42. The van der Waals surface area contributed by atoms with Gasteiger partial charge in [0.2, 0.25) is 0 Å². The Balaban J connectivity index is 1.89. The number of aryl methyl sites for hydroxylation is 2.